The highest BCUT2D eigenvalue weighted by Crippen LogP contribution is 2.48. The van der Waals surface area contributed by atoms with Crippen molar-refractivity contribution in [1.82, 2.24) is 0 Å². The Morgan fingerprint density at radius 1 is 1.00 bits per heavy atom. The van der Waals surface area contributed by atoms with Gasteiger partial charge in [-0.3, -0.25) is 0 Å². The van der Waals surface area contributed by atoms with E-state index in [2.05, 4.69) is 0 Å². The molecule has 0 bridgehead atoms. The van der Waals surface area contributed by atoms with Crippen LogP contribution < -0.4 is 9.47 Å². The monoisotopic (exact) mass is 238 g/mol. The molecule has 17 heavy (non-hydrogen) atoms. The molecule has 0 fully saturated rings. The zero-order valence-corrected chi connectivity index (χ0v) is 10.8. The maximum atomic E-state index is 10.1. The van der Waals surface area contributed by atoms with Gasteiger partial charge in [-0.1, -0.05) is 11.6 Å². The largest absolute Gasteiger partial charge is 0.504 e. The number of phenolic OH excluding ortho intramolecular Hbond substituents is 2. The van der Waals surface area contributed by atoms with Crippen LogP contribution in [-0.4, -0.2) is 24.4 Å². The highest BCUT2D eigenvalue weighted by atomic mass is 16.5. The summed E-state index contributed by atoms with van der Waals surface area (Å²) in [5.41, 5.74) is 2.11. The third kappa shape index (κ3) is 2.30. The lowest BCUT2D eigenvalue weighted by molar-refractivity contribution is 0.315. The quantitative estimate of drug-likeness (QED) is 0.795. The summed E-state index contributed by atoms with van der Waals surface area (Å²) in [7, 11) is 2.83. The number of phenols is 2. The summed E-state index contributed by atoms with van der Waals surface area (Å²) >= 11 is 0. The summed E-state index contributed by atoms with van der Waals surface area (Å²) in [6.45, 7) is 5.53. The predicted molar refractivity (Wildman–Crippen MR) is 66.9 cm³/mol. The molecule has 94 valence electrons. The molecule has 2 N–H and O–H groups in total. The lowest BCUT2D eigenvalue weighted by Gasteiger charge is -2.16. The van der Waals surface area contributed by atoms with Gasteiger partial charge < -0.3 is 19.7 Å². The van der Waals surface area contributed by atoms with E-state index in [4.69, 9.17) is 9.47 Å². The fourth-order valence-corrected chi connectivity index (χ4v) is 1.66. The van der Waals surface area contributed by atoms with Crippen LogP contribution >= 0.6 is 0 Å². The third-order valence-electron chi connectivity index (χ3n) is 2.49. The van der Waals surface area contributed by atoms with Crippen LogP contribution in [0.1, 0.15) is 25.0 Å². The Labute approximate surface area is 101 Å². The molecule has 0 aliphatic rings. The zero-order chi connectivity index (χ0) is 13.2. The molecule has 1 aromatic carbocycles. The first-order valence-electron chi connectivity index (χ1n) is 5.25. The second-order valence-electron chi connectivity index (χ2n) is 4.02. The van der Waals surface area contributed by atoms with E-state index in [9.17, 15) is 10.2 Å². The van der Waals surface area contributed by atoms with Crippen LogP contribution in [0.4, 0.5) is 0 Å². The van der Waals surface area contributed by atoms with Gasteiger partial charge in [-0.15, -0.1) is 0 Å². The van der Waals surface area contributed by atoms with Crippen molar-refractivity contribution >= 4 is 6.08 Å². The van der Waals surface area contributed by atoms with Crippen LogP contribution in [0, 0.1) is 6.92 Å². The Balaban J connectivity index is 3.64. The van der Waals surface area contributed by atoms with Crippen molar-refractivity contribution in [2.24, 2.45) is 0 Å². The molecule has 0 aromatic heterocycles. The molecule has 0 radical (unpaired) electrons. The molecule has 1 rings (SSSR count). The van der Waals surface area contributed by atoms with Crippen LogP contribution in [0.3, 0.4) is 0 Å². The summed E-state index contributed by atoms with van der Waals surface area (Å²) in [4.78, 5) is 0. The summed E-state index contributed by atoms with van der Waals surface area (Å²) in [6, 6.07) is 0. The Morgan fingerprint density at radius 2 is 1.47 bits per heavy atom. The smallest absolute Gasteiger partial charge is 0.207 e. The minimum Gasteiger partial charge on any atom is -0.504 e. The number of ether oxygens (including phenoxy) is 2. The minimum atomic E-state index is -0.0270. The van der Waals surface area contributed by atoms with Crippen molar-refractivity contribution in [2.45, 2.75) is 20.8 Å². The lowest BCUT2D eigenvalue weighted by Crippen LogP contribution is -1.96. The average molecular weight is 238 g/mol. The van der Waals surface area contributed by atoms with Gasteiger partial charge in [-0.2, -0.15) is 0 Å². The van der Waals surface area contributed by atoms with Crippen LogP contribution in [0.2, 0.25) is 0 Å². The third-order valence-corrected chi connectivity index (χ3v) is 2.49. The summed E-state index contributed by atoms with van der Waals surface area (Å²) in [5, 5.41) is 20.1. The fraction of sp³-hybridized carbons (Fsp3) is 0.385. The van der Waals surface area contributed by atoms with E-state index >= 15 is 0 Å². The van der Waals surface area contributed by atoms with Crippen LogP contribution in [-0.2, 0) is 0 Å². The van der Waals surface area contributed by atoms with Gasteiger partial charge in [0.25, 0.3) is 0 Å². The normalized spacial score (nSPS) is 9.94. The molecule has 0 aliphatic carbocycles. The highest BCUT2D eigenvalue weighted by molar-refractivity contribution is 5.74. The van der Waals surface area contributed by atoms with E-state index in [1.807, 2.05) is 13.8 Å². The van der Waals surface area contributed by atoms with Gasteiger partial charge in [-0.05, 0) is 20.8 Å². The molecule has 1 aromatic rings. The average Bonchev–Trinajstić information content (AvgIpc) is 2.28. The van der Waals surface area contributed by atoms with Gasteiger partial charge in [0.2, 0.25) is 11.5 Å². The standard InChI is InChI=1S/C13H18O4/c1-7(2)6-9-8(3)10(14)12(16-4)13(17-5)11(9)15/h6,14-15H,1-5H3. The molecule has 4 heteroatoms. The van der Waals surface area contributed by atoms with E-state index in [1.165, 1.54) is 14.2 Å². The van der Waals surface area contributed by atoms with Crippen molar-refractivity contribution in [3.8, 4) is 23.0 Å². The maximum absolute atomic E-state index is 10.1. The molecule has 0 heterocycles. The van der Waals surface area contributed by atoms with E-state index < -0.39 is 0 Å². The number of rotatable bonds is 3. The summed E-state index contributed by atoms with van der Waals surface area (Å²) in [5.74, 6) is 0.243. The molecule has 0 saturated carbocycles. The van der Waals surface area contributed by atoms with E-state index in [1.54, 1.807) is 13.0 Å². The Hall–Kier alpha value is -1.84. The first-order chi connectivity index (χ1) is 7.93. The summed E-state index contributed by atoms with van der Waals surface area (Å²) in [6.07, 6.45) is 1.78. The van der Waals surface area contributed by atoms with Crippen molar-refractivity contribution < 1.29 is 19.7 Å². The molecule has 0 aliphatic heterocycles. The van der Waals surface area contributed by atoms with Crippen molar-refractivity contribution in [1.29, 1.82) is 0 Å². The maximum Gasteiger partial charge on any atom is 0.207 e. The van der Waals surface area contributed by atoms with Gasteiger partial charge in [0.15, 0.2) is 11.5 Å². The number of hydrogen-bond donors (Lipinski definition) is 2. The first kappa shape index (κ1) is 13.2. The molecule has 0 saturated heterocycles. The van der Waals surface area contributed by atoms with Crippen molar-refractivity contribution in [2.75, 3.05) is 14.2 Å². The number of benzene rings is 1. The molecule has 0 spiro atoms. The Kier molecular flexibility index (Phi) is 3.89. The molecular weight excluding hydrogens is 220 g/mol. The van der Waals surface area contributed by atoms with Gasteiger partial charge in [-0.25, -0.2) is 0 Å². The van der Waals surface area contributed by atoms with Crippen LogP contribution in [0.15, 0.2) is 5.57 Å². The number of allylic oxidation sites excluding steroid dienone is 1. The molecule has 0 atom stereocenters. The zero-order valence-electron chi connectivity index (χ0n) is 10.8. The first-order valence-corrected chi connectivity index (χ1v) is 5.25. The Bertz CT molecular complexity index is 457. The second-order valence-corrected chi connectivity index (χ2v) is 4.02. The highest BCUT2D eigenvalue weighted by Gasteiger charge is 2.21. The topological polar surface area (TPSA) is 58.9 Å². The fourth-order valence-electron chi connectivity index (χ4n) is 1.66. The number of aromatic hydroxyl groups is 2. The molecule has 4 nitrogen and oxygen atoms in total. The second kappa shape index (κ2) is 4.99. The molecular formula is C13H18O4. The van der Waals surface area contributed by atoms with Crippen molar-refractivity contribution in [3.05, 3.63) is 16.7 Å². The van der Waals surface area contributed by atoms with Gasteiger partial charge in [0.1, 0.15) is 0 Å². The summed E-state index contributed by atoms with van der Waals surface area (Å²) < 4.78 is 10.1. The van der Waals surface area contributed by atoms with E-state index in [0.29, 0.717) is 11.1 Å². The molecule has 0 amide bonds. The van der Waals surface area contributed by atoms with Crippen LogP contribution in [0.5, 0.6) is 23.0 Å². The van der Waals surface area contributed by atoms with Gasteiger partial charge in [0.05, 0.1) is 14.2 Å². The minimum absolute atomic E-state index is 0.0188. The van der Waals surface area contributed by atoms with Gasteiger partial charge >= 0.3 is 0 Å². The van der Waals surface area contributed by atoms with E-state index in [-0.39, 0.29) is 23.0 Å². The lowest BCUT2D eigenvalue weighted by atomic mass is 10.0. The Morgan fingerprint density at radius 3 is 1.88 bits per heavy atom. The van der Waals surface area contributed by atoms with Crippen molar-refractivity contribution in [3.63, 3.8) is 0 Å². The molecule has 0 unspecified atom stereocenters. The van der Waals surface area contributed by atoms with Crippen LogP contribution in [0.25, 0.3) is 6.08 Å². The van der Waals surface area contributed by atoms with Gasteiger partial charge in [0, 0.05) is 11.1 Å². The number of methoxy groups -OCH3 is 2. The predicted octanol–water partition coefficient (Wildman–Crippen LogP) is 2.85. The van der Waals surface area contributed by atoms with E-state index in [0.717, 1.165) is 5.57 Å². The SMILES string of the molecule is COc1c(O)c(C)c(C=C(C)C)c(O)c1OC. The number of hydrogen-bond acceptors (Lipinski definition) is 4.